The van der Waals surface area contributed by atoms with E-state index in [1.54, 1.807) is 24.2 Å². The second-order valence-corrected chi connectivity index (χ2v) is 3.98. The van der Waals surface area contributed by atoms with E-state index < -0.39 is 0 Å². The van der Waals surface area contributed by atoms with Gasteiger partial charge in [-0.3, -0.25) is 14.7 Å². The molecule has 0 fully saturated rings. The lowest BCUT2D eigenvalue weighted by molar-refractivity contribution is -0.141. The van der Waals surface area contributed by atoms with E-state index in [1.807, 2.05) is 12.1 Å². The van der Waals surface area contributed by atoms with Gasteiger partial charge in [-0.25, -0.2) is 0 Å². The second kappa shape index (κ2) is 6.05. The maximum Gasteiger partial charge on any atom is 0.319 e. The van der Waals surface area contributed by atoms with Crippen LogP contribution in [0.25, 0.3) is 11.5 Å². The summed E-state index contributed by atoms with van der Waals surface area (Å²) in [5, 5.41) is 3.85. The van der Waals surface area contributed by atoms with Crippen LogP contribution < -0.4 is 0 Å². The van der Waals surface area contributed by atoms with Crippen LogP contribution in [-0.2, 0) is 16.1 Å². The van der Waals surface area contributed by atoms with Crippen molar-refractivity contribution in [2.45, 2.75) is 6.54 Å². The van der Waals surface area contributed by atoms with E-state index in [0.717, 1.165) is 0 Å². The SMILES string of the molecule is COC(=O)CN(C)Cc1nc(-c2ccccn2)no1. The molecule has 0 saturated heterocycles. The summed E-state index contributed by atoms with van der Waals surface area (Å²) in [6.07, 6.45) is 1.66. The van der Waals surface area contributed by atoms with Crippen LogP contribution in [0.15, 0.2) is 28.9 Å². The molecule has 7 nitrogen and oxygen atoms in total. The number of methoxy groups -OCH3 is 1. The van der Waals surface area contributed by atoms with Crippen molar-refractivity contribution in [3.8, 4) is 11.5 Å². The van der Waals surface area contributed by atoms with Crippen LogP contribution in [0.1, 0.15) is 5.89 Å². The van der Waals surface area contributed by atoms with E-state index in [4.69, 9.17) is 4.52 Å². The number of pyridine rings is 1. The predicted octanol–water partition coefficient (Wildman–Crippen LogP) is 0.736. The first-order valence-corrected chi connectivity index (χ1v) is 5.68. The Hall–Kier alpha value is -2.28. The van der Waals surface area contributed by atoms with Crippen molar-refractivity contribution in [1.29, 1.82) is 0 Å². The van der Waals surface area contributed by atoms with Gasteiger partial charge < -0.3 is 9.26 Å². The van der Waals surface area contributed by atoms with Crippen molar-refractivity contribution in [2.24, 2.45) is 0 Å². The number of nitrogens with zero attached hydrogens (tertiary/aromatic N) is 4. The molecule has 0 saturated carbocycles. The lowest BCUT2D eigenvalue weighted by Crippen LogP contribution is -2.26. The smallest absolute Gasteiger partial charge is 0.319 e. The Kier molecular flexibility index (Phi) is 4.19. The summed E-state index contributed by atoms with van der Waals surface area (Å²) < 4.78 is 9.69. The molecule has 0 aromatic carbocycles. The predicted molar refractivity (Wildman–Crippen MR) is 65.9 cm³/mol. The minimum atomic E-state index is -0.313. The summed E-state index contributed by atoms with van der Waals surface area (Å²) in [6, 6.07) is 5.46. The number of aromatic nitrogens is 3. The molecule has 0 amide bonds. The van der Waals surface area contributed by atoms with E-state index in [9.17, 15) is 4.79 Å². The Morgan fingerprint density at radius 2 is 2.32 bits per heavy atom. The maximum atomic E-state index is 11.1. The molecule has 0 atom stereocenters. The molecule has 0 aliphatic rings. The van der Waals surface area contributed by atoms with Gasteiger partial charge in [-0.15, -0.1) is 0 Å². The molecule has 0 bridgehead atoms. The average Bonchev–Trinajstić information content (AvgIpc) is 2.88. The number of hydrogen-bond acceptors (Lipinski definition) is 7. The largest absolute Gasteiger partial charge is 0.468 e. The van der Waals surface area contributed by atoms with E-state index in [0.29, 0.717) is 24.0 Å². The van der Waals surface area contributed by atoms with Gasteiger partial charge in [0, 0.05) is 6.20 Å². The minimum absolute atomic E-state index is 0.164. The fourth-order valence-corrected chi connectivity index (χ4v) is 1.49. The molecule has 0 aliphatic heterocycles. The van der Waals surface area contributed by atoms with Gasteiger partial charge >= 0.3 is 5.97 Å². The first kappa shape index (κ1) is 13.2. The van der Waals surface area contributed by atoms with Gasteiger partial charge in [-0.05, 0) is 19.2 Å². The highest BCUT2D eigenvalue weighted by atomic mass is 16.5. The van der Waals surface area contributed by atoms with Crippen LogP contribution in [0.5, 0.6) is 0 Å². The molecule has 2 rings (SSSR count). The first-order valence-electron chi connectivity index (χ1n) is 5.68. The zero-order valence-electron chi connectivity index (χ0n) is 10.7. The molecular formula is C12H14N4O3. The van der Waals surface area contributed by atoms with Crippen LogP contribution in [0.4, 0.5) is 0 Å². The number of esters is 1. The number of carbonyl (C=O) groups is 1. The summed E-state index contributed by atoms with van der Waals surface area (Å²) in [5.41, 5.74) is 0.646. The van der Waals surface area contributed by atoms with Gasteiger partial charge in [0.25, 0.3) is 0 Å². The summed E-state index contributed by atoms with van der Waals surface area (Å²) in [5.74, 6) is 0.543. The van der Waals surface area contributed by atoms with Gasteiger partial charge in [-0.2, -0.15) is 4.98 Å². The molecule has 0 spiro atoms. The highest BCUT2D eigenvalue weighted by Gasteiger charge is 2.13. The standard InChI is InChI=1S/C12H14N4O3/c1-16(8-11(17)18-2)7-10-14-12(15-19-10)9-5-3-4-6-13-9/h3-6H,7-8H2,1-2H3. The van der Waals surface area contributed by atoms with Crippen LogP contribution in [0, 0.1) is 0 Å². The van der Waals surface area contributed by atoms with Gasteiger partial charge in [0.05, 0.1) is 20.2 Å². The van der Waals surface area contributed by atoms with Crippen molar-refractivity contribution in [1.82, 2.24) is 20.0 Å². The van der Waals surface area contributed by atoms with Crippen LogP contribution >= 0.6 is 0 Å². The monoisotopic (exact) mass is 262 g/mol. The normalized spacial score (nSPS) is 10.7. The number of carbonyl (C=O) groups excluding carboxylic acids is 1. The topological polar surface area (TPSA) is 81.4 Å². The highest BCUT2D eigenvalue weighted by molar-refractivity contribution is 5.71. The zero-order valence-corrected chi connectivity index (χ0v) is 10.7. The fraction of sp³-hybridized carbons (Fsp3) is 0.333. The molecule has 0 aliphatic carbocycles. The van der Waals surface area contributed by atoms with Gasteiger partial charge in [-0.1, -0.05) is 11.2 Å². The van der Waals surface area contributed by atoms with Crippen molar-refractivity contribution >= 4 is 5.97 Å². The first-order chi connectivity index (χ1) is 9.19. The van der Waals surface area contributed by atoms with Crippen LogP contribution in [0.2, 0.25) is 0 Å². The lowest BCUT2D eigenvalue weighted by atomic mass is 10.3. The third-order valence-corrected chi connectivity index (χ3v) is 2.39. The Balaban J connectivity index is 2.00. The van der Waals surface area contributed by atoms with E-state index in [1.165, 1.54) is 7.11 Å². The maximum absolute atomic E-state index is 11.1. The fourth-order valence-electron chi connectivity index (χ4n) is 1.49. The van der Waals surface area contributed by atoms with Crippen molar-refractivity contribution in [3.05, 3.63) is 30.3 Å². The van der Waals surface area contributed by atoms with Crippen molar-refractivity contribution in [2.75, 3.05) is 20.7 Å². The van der Waals surface area contributed by atoms with Crippen LogP contribution in [-0.4, -0.2) is 46.7 Å². The Morgan fingerprint density at radius 3 is 3.00 bits per heavy atom. The Labute approximate surface area is 110 Å². The van der Waals surface area contributed by atoms with Crippen LogP contribution in [0.3, 0.4) is 0 Å². The van der Waals surface area contributed by atoms with E-state index in [-0.39, 0.29) is 12.5 Å². The summed E-state index contributed by atoms with van der Waals surface area (Å²) in [4.78, 5) is 21.2. The second-order valence-electron chi connectivity index (χ2n) is 3.98. The number of hydrogen-bond donors (Lipinski definition) is 0. The molecule has 0 radical (unpaired) electrons. The molecule has 0 N–H and O–H groups in total. The zero-order chi connectivity index (χ0) is 13.7. The van der Waals surface area contributed by atoms with Gasteiger partial charge in [0.15, 0.2) is 0 Å². The molecule has 0 unspecified atom stereocenters. The molecule has 2 aromatic rings. The summed E-state index contributed by atoms with van der Waals surface area (Å²) in [6.45, 7) is 0.534. The average molecular weight is 262 g/mol. The minimum Gasteiger partial charge on any atom is -0.468 e. The third kappa shape index (κ3) is 3.59. The number of rotatable bonds is 5. The molecular weight excluding hydrogens is 248 g/mol. The third-order valence-electron chi connectivity index (χ3n) is 2.39. The van der Waals surface area contributed by atoms with E-state index >= 15 is 0 Å². The van der Waals surface area contributed by atoms with Crippen molar-refractivity contribution in [3.63, 3.8) is 0 Å². The van der Waals surface area contributed by atoms with E-state index in [2.05, 4.69) is 19.9 Å². The molecule has 2 aromatic heterocycles. The van der Waals surface area contributed by atoms with Gasteiger partial charge in [0.2, 0.25) is 11.7 Å². The summed E-state index contributed by atoms with van der Waals surface area (Å²) in [7, 11) is 3.11. The highest BCUT2D eigenvalue weighted by Crippen LogP contribution is 2.12. The Bertz CT molecular complexity index is 541. The summed E-state index contributed by atoms with van der Waals surface area (Å²) >= 11 is 0. The number of likely N-dealkylation sites (N-methyl/N-ethyl adjacent to an activating group) is 1. The van der Waals surface area contributed by atoms with Crippen molar-refractivity contribution < 1.29 is 14.1 Å². The van der Waals surface area contributed by atoms with Gasteiger partial charge in [0.1, 0.15) is 5.69 Å². The Morgan fingerprint density at radius 1 is 1.47 bits per heavy atom. The molecule has 7 heteroatoms. The lowest BCUT2D eigenvalue weighted by Gasteiger charge is -2.11. The molecule has 2 heterocycles. The molecule has 19 heavy (non-hydrogen) atoms. The molecule has 100 valence electrons. The number of ether oxygens (including phenoxy) is 1. The quantitative estimate of drug-likeness (QED) is 0.735.